The lowest BCUT2D eigenvalue weighted by Gasteiger charge is -2.12. The number of guanidine groups is 1. The normalized spacial score (nSPS) is 11.1. The Hall–Kier alpha value is -1.29. The van der Waals surface area contributed by atoms with Crippen LogP contribution in [0.1, 0.15) is 22.4 Å². The van der Waals surface area contributed by atoms with Crippen LogP contribution in [0.15, 0.2) is 29.4 Å². The number of hydrogen-bond donors (Lipinski definition) is 2. The highest BCUT2D eigenvalue weighted by Gasteiger charge is 2.06. The van der Waals surface area contributed by atoms with Crippen molar-refractivity contribution >= 4 is 41.3 Å². The molecular formula is C16H21F2IN4S. The van der Waals surface area contributed by atoms with E-state index in [4.69, 9.17) is 0 Å². The molecule has 0 fully saturated rings. The molecule has 0 radical (unpaired) electrons. The standard InChI is InChI=1S/C16H20F2N4S.HI/c1-3-13-10-21-15(23-13)6-7-20-16(19-2)22-9-11-8-12(17)4-5-14(11)18;/h4-5,8,10H,3,6-7,9H2,1-2H3,(H2,19,20,22);1H. The molecule has 132 valence electrons. The number of benzene rings is 1. The summed E-state index contributed by atoms with van der Waals surface area (Å²) in [4.78, 5) is 9.69. The van der Waals surface area contributed by atoms with Crippen LogP contribution in [0.25, 0.3) is 0 Å². The van der Waals surface area contributed by atoms with Crippen LogP contribution in [-0.4, -0.2) is 24.5 Å². The molecule has 0 aliphatic rings. The second kappa shape index (κ2) is 10.5. The van der Waals surface area contributed by atoms with Gasteiger partial charge in [-0.05, 0) is 24.6 Å². The maximum Gasteiger partial charge on any atom is 0.191 e. The molecule has 0 bridgehead atoms. The van der Waals surface area contributed by atoms with Crippen LogP contribution in [-0.2, 0) is 19.4 Å². The fraction of sp³-hybridized carbons (Fsp3) is 0.375. The minimum atomic E-state index is -0.457. The molecule has 0 saturated heterocycles. The fourth-order valence-corrected chi connectivity index (χ4v) is 2.86. The Morgan fingerprint density at radius 1 is 1.29 bits per heavy atom. The van der Waals surface area contributed by atoms with Crippen molar-refractivity contribution in [2.75, 3.05) is 13.6 Å². The quantitative estimate of drug-likeness (QED) is 0.389. The number of nitrogens with one attached hydrogen (secondary N) is 2. The van der Waals surface area contributed by atoms with Crippen LogP contribution in [0.4, 0.5) is 8.78 Å². The van der Waals surface area contributed by atoms with Gasteiger partial charge < -0.3 is 10.6 Å². The molecule has 2 N–H and O–H groups in total. The summed E-state index contributed by atoms with van der Waals surface area (Å²) in [5.41, 5.74) is 0.264. The summed E-state index contributed by atoms with van der Waals surface area (Å²) in [5, 5.41) is 7.18. The van der Waals surface area contributed by atoms with Gasteiger partial charge in [0, 0.05) is 43.2 Å². The number of hydrogen-bond acceptors (Lipinski definition) is 3. The Balaban J connectivity index is 0.00000288. The molecule has 0 atom stereocenters. The van der Waals surface area contributed by atoms with Gasteiger partial charge in [0.15, 0.2) is 5.96 Å². The summed E-state index contributed by atoms with van der Waals surface area (Å²) in [7, 11) is 1.63. The van der Waals surface area contributed by atoms with E-state index in [2.05, 4.69) is 27.5 Å². The molecule has 1 aromatic carbocycles. The third-order valence-electron chi connectivity index (χ3n) is 3.26. The molecule has 0 amide bonds. The van der Waals surface area contributed by atoms with Gasteiger partial charge >= 0.3 is 0 Å². The zero-order valence-corrected chi connectivity index (χ0v) is 16.8. The van der Waals surface area contributed by atoms with E-state index in [0.29, 0.717) is 12.5 Å². The van der Waals surface area contributed by atoms with Gasteiger partial charge in [-0.1, -0.05) is 6.92 Å². The van der Waals surface area contributed by atoms with E-state index >= 15 is 0 Å². The topological polar surface area (TPSA) is 49.3 Å². The van der Waals surface area contributed by atoms with Gasteiger partial charge in [-0.15, -0.1) is 35.3 Å². The minimum absolute atomic E-state index is 0. The molecule has 1 heterocycles. The lowest BCUT2D eigenvalue weighted by Crippen LogP contribution is -2.38. The van der Waals surface area contributed by atoms with Crippen LogP contribution >= 0.6 is 35.3 Å². The number of rotatable bonds is 6. The first-order valence-corrected chi connectivity index (χ1v) is 8.26. The zero-order chi connectivity index (χ0) is 16.7. The highest BCUT2D eigenvalue weighted by atomic mass is 127. The molecule has 24 heavy (non-hydrogen) atoms. The van der Waals surface area contributed by atoms with E-state index in [0.717, 1.165) is 30.0 Å². The first kappa shape index (κ1) is 20.8. The molecule has 2 rings (SSSR count). The highest BCUT2D eigenvalue weighted by molar-refractivity contribution is 14.0. The van der Waals surface area contributed by atoms with Crippen molar-refractivity contribution in [3.8, 4) is 0 Å². The monoisotopic (exact) mass is 466 g/mol. The molecule has 8 heteroatoms. The summed E-state index contributed by atoms with van der Waals surface area (Å²) >= 11 is 1.70. The Labute approximate surface area is 161 Å². The van der Waals surface area contributed by atoms with Crippen molar-refractivity contribution in [3.63, 3.8) is 0 Å². The summed E-state index contributed by atoms with van der Waals surface area (Å²) in [6.45, 7) is 2.94. The SMILES string of the molecule is CCc1cnc(CCNC(=NC)NCc2cc(F)ccc2F)s1.I. The molecular weight excluding hydrogens is 445 g/mol. The molecule has 2 aromatic rings. The molecule has 1 aromatic heterocycles. The second-order valence-corrected chi connectivity index (χ2v) is 6.11. The van der Waals surface area contributed by atoms with Crippen molar-refractivity contribution in [3.05, 3.63) is 51.5 Å². The smallest absolute Gasteiger partial charge is 0.191 e. The fourth-order valence-electron chi connectivity index (χ4n) is 1.99. The molecule has 0 aliphatic heterocycles. The van der Waals surface area contributed by atoms with E-state index in [1.807, 2.05) is 6.20 Å². The average Bonchev–Trinajstić information content (AvgIpc) is 3.01. The molecule has 0 unspecified atom stereocenters. The summed E-state index contributed by atoms with van der Waals surface area (Å²) in [6, 6.07) is 3.40. The van der Waals surface area contributed by atoms with Crippen LogP contribution in [0, 0.1) is 11.6 Å². The summed E-state index contributed by atoms with van der Waals surface area (Å²) < 4.78 is 26.7. The van der Waals surface area contributed by atoms with Crippen molar-refractivity contribution in [2.24, 2.45) is 4.99 Å². The predicted molar refractivity (Wildman–Crippen MR) is 105 cm³/mol. The van der Waals surface area contributed by atoms with E-state index in [9.17, 15) is 8.78 Å². The van der Waals surface area contributed by atoms with E-state index in [-0.39, 0.29) is 36.1 Å². The van der Waals surface area contributed by atoms with Crippen molar-refractivity contribution in [1.82, 2.24) is 15.6 Å². The molecule has 4 nitrogen and oxygen atoms in total. The number of halogens is 3. The Morgan fingerprint density at radius 3 is 2.75 bits per heavy atom. The maximum atomic E-state index is 13.6. The largest absolute Gasteiger partial charge is 0.356 e. The minimum Gasteiger partial charge on any atom is -0.356 e. The highest BCUT2D eigenvalue weighted by Crippen LogP contribution is 2.13. The summed E-state index contributed by atoms with van der Waals surface area (Å²) in [5.74, 6) is -0.355. The lowest BCUT2D eigenvalue weighted by molar-refractivity contribution is 0.581. The van der Waals surface area contributed by atoms with Gasteiger partial charge in [0.1, 0.15) is 11.6 Å². The van der Waals surface area contributed by atoms with Gasteiger partial charge in [-0.3, -0.25) is 4.99 Å². The van der Waals surface area contributed by atoms with E-state index < -0.39 is 11.6 Å². The van der Waals surface area contributed by atoms with Crippen LogP contribution in [0.3, 0.4) is 0 Å². The number of aliphatic imine (C=N–C) groups is 1. The Morgan fingerprint density at radius 2 is 2.08 bits per heavy atom. The average molecular weight is 466 g/mol. The zero-order valence-electron chi connectivity index (χ0n) is 13.6. The van der Waals surface area contributed by atoms with E-state index in [1.165, 1.54) is 10.9 Å². The van der Waals surface area contributed by atoms with Gasteiger partial charge in [-0.2, -0.15) is 0 Å². The van der Waals surface area contributed by atoms with Crippen molar-refractivity contribution in [2.45, 2.75) is 26.3 Å². The predicted octanol–water partition coefficient (Wildman–Crippen LogP) is 3.51. The Bertz CT molecular complexity index is 676. The number of aryl methyl sites for hydroxylation is 1. The van der Waals surface area contributed by atoms with Gasteiger partial charge in [0.25, 0.3) is 0 Å². The second-order valence-electron chi connectivity index (χ2n) is 4.91. The molecule has 0 saturated carbocycles. The maximum absolute atomic E-state index is 13.6. The number of thiazole rings is 1. The Kier molecular flexibility index (Phi) is 9.12. The first-order valence-electron chi connectivity index (χ1n) is 7.44. The first-order chi connectivity index (χ1) is 11.1. The molecule has 0 aliphatic carbocycles. The van der Waals surface area contributed by atoms with Crippen LogP contribution in [0.2, 0.25) is 0 Å². The van der Waals surface area contributed by atoms with Gasteiger partial charge in [0.05, 0.1) is 5.01 Å². The van der Waals surface area contributed by atoms with Crippen LogP contribution < -0.4 is 10.6 Å². The van der Waals surface area contributed by atoms with Gasteiger partial charge in [0.2, 0.25) is 0 Å². The third-order valence-corrected chi connectivity index (χ3v) is 4.46. The van der Waals surface area contributed by atoms with Crippen molar-refractivity contribution in [1.29, 1.82) is 0 Å². The third kappa shape index (κ3) is 6.31. The van der Waals surface area contributed by atoms with Crippen LogP contribution in [0.5, 0.6) is 0 Å². The lowest BCUT2D eigenvalue weighted by atomic mass is 10.2. The molecule has 0 spiro atoms. The summed E-state index contributed by atoms with van der Waals surface area (Å²) in [6.07, 6.45) is 3.69. The number of aromatic nitrogens is 1. The van der Waals surface area contributed by atoms with Crippen molar-refractivity contribution < 1.29 is 8.78 Å². The number of nitrogens with zero attached hydrogens (tertiary/aromatic N) is 2. The van der Waals surface area contributed by atoms with E-state index in [1.54, 1.807) is 18.4 Å². The van der Waals surface area contributed by atoms with Gasteiger partial charge in [-0.25, -0.2) is 13.8 Å².